The van der Waals surface area contributed by atoms with Crippen LogP contribution in [0.15, 0.2) is 43.0 Å². The Kier molecular flexibility index (Phi) is 2.64. The maximum atomic E-state index is 5.13. The SMILES string of the molecule is COc1ccc(Cn2cnc3nccnc32)cc1. The highest BCUT2D eigenvalue weighted by molar-refractivity contribution is 5.64. The van der Waals surface area contributed by atoms with Crippen molar-refractivity contribution < 1.29 is 4.74 Å². The average molecular weight is 240 g/mol. The summed E-state index contributed by atoms with van der Waals surface area (Å²) in [5.41, 5.74) is 2.64. The zero-order chi connectivity index (χ0) is 12.4. The van der Waals surface area contributed by atoms with Crippen molar-refractivity contribution in [2.24, 2.45) is 0 Å². The summed E-state index contributed by atoms with van der Waals surface area (Å²) in [4.78, 5) is 12.7. The molecule has 0 atom stereocenters. The largest absolute Gasteiger partial charge is 0.497 e. The number of benzene rings is 1. The first-order chi connectivity index (χ1) is 8.86. The van der Waals surface area contributed by atoms with Crippen LogP contribution in [-0.4, -0.2) is 26.6 Å². The maximum Gasteiger partial charge on any atom is 0.197 e. The van der Waals surface area contributed by atoms with Crippen molar-refractivity contribution in [2.45, 2.75) is 6.54 Å². The normalized spacial score (nSPS) is 10.7. The van der Waals surface area contributed by atoms with Crippen LogP contribution in [0.1, 0.15) is 5.56 Å². The van der Waals surface area contributed by atoms with Crippen LogP contribution in [0, 0.1) is 0 Å². The molecule has 0 N–H and O–H groups in total. The molecule has 0 saturated carbocycles. The lowest BCUT2D eigenvalue weighted by molar-refractivity contribution is 0.414. The summed E-state index contributed by atoms with van der Waals surface area (Å²) in [6.07, 6.45) is 5.08. The Labute approximate surface area is 104 Å². The minimum absolute atomic E-state index is 0.672. The summed E-state index contributed by atoms with van der Waals surface area (Å²) in [6.45, 7) is 0.721. The molecular weight excluding hydrogens is 228 g/mol. The number of ether oxygens (including phenoxy) is 1. The molecule has 0 amide bonds. The van der Waals surface area contributed by atoms with E-state index in [1.807, 2.05) is 28.8 Å². The zero-order valence-electron chi connectivity index (χ0n) is 9.95. The van der Waals surface area contributed by atoms with Gasteiger partial charge in [0.1, 0.15) is 5.75 Å². The second-order valence-corrected chi connectivity index (χ2v) is 3.92. The fourth-order valence-electron chi connectivity index (χ4n) is 1.84. The Balaban J connectivity index is 1.91. The van der Waals surface area contributed by atoms with Gasteiger partial charge in [-0.2, -0.15) is 0 Å². The van der Waals surface area contributed by atoms with Crippen molar-refractivity contribution in [3.05, 3.63) is 48.5 Å². The molecule has 0 saturated heterocycles. The predicted octanol–water partition coefficient (Wildman–Crippen LogP) is 1.88. The first-order valence-electron chi connectivity index (χ1n) is 5.61. The maximum absolute atomic E-state index is 5.13. The van der Waals surface area contributed by atoms with Crippen LogP contribution in [0.3, 0.4) is 0 Å². The molecule has 5 heteroatoms. The number of imidazole rings is 1. The summed E-state index contributed by atoms with van der Waals surface area (Å²) in [7, 11) is 1.66. The van der Waals surface area contributed by atoms with Crippen LogP contribution in [-0.2, 0) is 6.54 Å². The Hall–Kier alpha value is -2.43. The third-order valence-corrected chi connectivity index (χ3v) is 2.76. The number of aromatic nitrogens is 4. The van der Waals surface area contributed by atoms with Crippen molar-refractivity contribution in [1.29, 1.82) is 0 Å². The van der Waals surface area contributed by atoms with Gasteiger partial charge in [-0.3, -0.25) is 0 Å². The van der Waals surface area contributed by atoms with E-state index in [1.54, 1.807) is 25.8 Å². The Morgan fingerprint density at radius 2 is 1.83 bits per heavy atom. The molecule has 5 nitrogen and oxygen atoms in total. The molecule has 3 aromatic rings. The lowest BCUT2D eigenvalue weighted by Crippen LogP contribution is -1.99. The summed E-state index contributed by atoms with van der Waals surface area (Å²) in [6, 6.07) is 7.95. The van der Waals surface area contributed by atoms with Gasteiger partial charge < -0.3 is 9.30 Å². The molecule has 0 unspecified atom stereocenters. The highest BCUT2D eigenvalue weighted by atomic mass is 16.5. The van der Waals surface area contributed by atoms with E-state index in [9.17, 15) is 0 Å². The first kappa shape index (κ1) is 10.7. The van der Waals surface area contributed by atoms with E-state index >= 15 is 0 Å². The Morgan fingerprint density at radius 3 is 2.61 bits per heavy atom. The van der Waals surface area contributed by atoms with Crippen LogP contribution in [0.5, 0.6) is 5.75 Å². The molecule has 90 valence electrons. The molecule has 18 heavy (non-hydrogen) atoms. The van der Waals surface area contributed by atoms with E-state index in [0.717, 1.165) is 17.9 Å². The van der Waals surface area contributed by atoms with Crippen molar-refractivity contribution in [2.75, 3.05) is 7.11 Å². The molecule has 0 fully saturated rings. The third-order valence-electron chi connectivity index (χ3n) is 2.76. The van der Waals surface area contributed by atoms with Crippen molar-refractivity contribution in [3.8, 4) is 5.75 Å². The van der Waals surface area contributed by atoms with Gasteiger partial charge in [0.15, 0.2) is 11.3 Å². The molecule has 1 aromatic carbocycles. The number of hydrogen-bond acceptors (Lipinski definition) is 4. The smallest absolute Gasteiger partial charge is 0.197 e. The Bertz CT molecular complexity index is 660. The summed E-state index contributed by atoms with van der Waals surface area (Å²) in [5.74, 6) is 0.856. The van der Waals surface area contributed by atoms with Gasteiger partial charge in [-0.05, 0) is 17.7 Å². The van der Waals surface area contributed by atoms with E-state index in [2.05, 4.69) is 15.0 Å². The fourth-order valence-corrected chi connectivity index (χ4v) is 1.84. The molecule has 0 aliphatic carbocycles. The standard InChI is InChI=1S/C13H12N4O/c1-18-11-4-2-10(3-5-11)8-17-9-16-12-13(17)15-7-6-14-12/h2-7,9H,8H2,1H3. The number of fused-ring (bicyclic) bond motifs is 1. The van der Waals surface area contributed by atoms with Gasteiger partial charge in [0, 0.05) is 12.4 Å². The lowest BCUT2D eigenvalue weighted by Gasteiger charge is -2.05. The van der Waals surface area contributed by atoms with Crippen LogP contribution in [0.25, 0.3) is 11.3 Å². The summed E-state index contributed by atoms with van der Waals surface area (Å²) >= 11 is 0. The molecule has 0 aliphatic heterocycles. The van der Waals surface area contributed by atoms with Crippen molar-refractivity contribution >= 4 is 11.3 Å². The molecular formula is C13H12N4O. The topological polar surface area (TPSA) is 52.8 Å². The van der Waals surface area contributed by atoms with Crippen molar-refractivity contribution in [3.63, 3.8) is 0 Å². The van der Waals surface area contributed by atoms with Gasteiger partial charge in [-0.1, -0.05) is 12.1 Å². The molecule has 2 heterocycles. The summed E-state index contributed by atoms with van der Waals surface area (Å²) in [5, 5.41) is 0. The second kappa shape index (κ2) is 4.44. The lowest BCUT2D eigenvalue weighted by atomic mass is 10.2. The van der Waals surface area contributed by atoms with Crippen LogP contribution in [0.4, 0.5) is 0 Å². The predicted molar refractivity (Wildman–Crippen MR) is 67.4 cm³/mol. The summed E-state index contributed by atoms with van der Waals surface area (Å²) < 4.78 is 7.11. The molecule has 0 bridgehead atoms. The Morgan fingerprint density at radius 1 is 1.06 bits per heavy atom. The zero-order valence-corrected chi connectivity index (χ0v) is 9.95. The van der Waals surface area contributed by atoms with Gasteiger partial charge in [-0.15, -0.1) is 0 Å². The van der Waals surface area contributed by atoms with E-state index in [-0.39, 0.29) is 0 Å². The highest BCUT2D eigenvalue weighted by Gasteiger charge is 2.04. The number of nitrogens with zero attached hydrogens (tertiary/aromatic N) is 4. The van der Waals surface area contributed by atoms with Crippen molar-refractivity contribution in [1.82, 2.24) is 19.5 Å². The monoisotopic (exact) mass is 240 g/mol. The minimum Gasteiger partial charge on any atom is -0.497 e. The molecule has 2 aromatic heterocycles. The van der Waals surface area contributed by atoms with E-state index in [0.29, 0.717) is 5.65 Å². The number of methoxy groups -OCH3 is 1. The first-order valence-corrected chi connectivity index (χ1v) is 5.61. The molecule has 0 spiro atoms. The molecule has 0 radical (unpaired) electrons. The van der Waals surface area contributed by atoms with Crippen LogP contribution >= 0.6 is 0 Å². The van der Waals surface area contributed by atoms with E-state index in [4.69, 9.17) is 4.74 Å². The molecule has 3 rings (SSSR count). The van der Waals surface area contributed by atoms with Gasteiger partial charge in [0.2, 0.25) is 0 Å². The minimum atomic E-state index is 0.672. The molecule has 0 aliphatic rings. The second-order valence-electron chi connectivity index (χ2n) is 3.92. The van der Waals surface area contributed by atoms with Gasteiger partial charge in [0.05, 0.1) is 20.0 Å². The van der Waals surface area contributed by atoms with E-state index < -0.39 is 0 Å². The fraction of sp³-hybridized carbons (Fsp3) is 0.154. The number of rotatable bonds is 3. The van der Waals surface area contributed by atoms with E-state index in [1.165, 1.54) is 5.56 Å². The number of hydrogen-bond donors (Lipinski definition) is 0. The average Bonchev–Trinajstić information content (AvgIpc) is 2.83. The van der Waals surface area contributed by atoms with Crippen LogP contribution in [0.2, 0.25) is 0 Å². The van der Waals surface area contributed by atoms with Gasteiger partial charge in [0.25, 0.3) is 0 Å². The van der Waals surface area contributed by atoms with Crippen LogP contribution < -0.4 is 4.74 Å². The highest BCUT2D eigenvalue weighted by Crippen LogP contribution is 2.14. The quantitative estimate of drug-likeness (QED) is 0.701. The van der Waals surface area contributed by atoms with Gasteiger partial charge in [-0.25, -0.2) is 15.0 Å². The third kappa shape index (κ3) is 1.90. The van der Waals surface area contributed by atoms with Gasteiger partial charge >= 0.3 is 0 Å².